The van der Waals surface area contributed by atoms with Crippen LogP contribution in [0.5, 0.6) is 0 Å². The Kier molecular flexibility index (Phi) is 5.26. The molecule has 2 N–H and O–H groups in total. The van der Waals surface area contributed by atoms with Gasteiger partial charge in [0.1, 0.15) is 5.69 Å². The molecule has 32 heavy (non-hydrogen) atoms. The second kappa shape index (κ2) is 8.37. The van der Waals surface area contributed by atoms with Gasteiger partial charge in [0, 0.05) is 47.9 Å². The first-order valence-corrected chi connectivity index (χ1v) is 10.8. The SMILES string of the molecule is Cn1cc(-c2ccc(C(=O)NC3CCC(c4n[nH]c(=O)c5ccccc45)CC3)nc2)cn1. The minimum Gasteiger partial charge on any atom is -0.348 e. The van der Waals surface area contributed by atoms with Crippen LogP contribution in [0.25, 0.3) is 21.9 Å². The van der Waals surface area contributed by atoms with E-state index >= 15 is 0 Å². The molecule has 0 aliphatic heterocycles. The Hall–Kier alpha value is -3.81. The van der Waals surface area contributed by atoms with Crippen LogP contribution in [0.4, 0.5) is 0 Å². The summed E-state index contributed by atoms with van der Waals surface area (Å²) in [6.45, 7) is 0. The van der Waals surface area contributed by atoms with Crippen molar-refractivity contribution >= 4 is 16.7 Å². The minimum absolute atomic E-state index is 0.104. The van der Waals surface area contributed by atoms with Crippen LogP contribution >= 0.6 is 0 Å². The Morgan fingerprint density at radius 1 is 1.03 bits per heavy atom. The van der Waals surface area contributed by atoms with Crippen molar-refractivity contribution in [2.24, 2.45) is 7.05 Å². The number of pyridine rings is 1. The summed E-state index contributed by atoms with van der Waals surface area (Å²) in [6, 6.07) is 11.3. The van der Waals surface area contributed by atoms with Crippen LogP contribution in [0.15, 0.2) is 59.8 Å². The van der Waals surface area contributed by atoms with Crippen LogP contribution in [-0.4, -0.2) is 36.9 Å². The third kappa shape index (κ3) is 3.91. The van der Waals surface area contributed by atoms with Gasteiger partial charge in [-0.1, -0.05) is 24.3 Å². The lowest BCUT2D eigenvalue weighted by Crippen LogP contribution is -2.37. The Morgan fingerprint density at radius 2 is 1.81 bits per heavy atom. The molecule has 8 nitrogen and oxygen atoms in total. The van der Waals surface area contributed by atoms with E-state index in [0.717, 1.165) is 47.9 Å². The van der Waals surface area contributed by atoms with Crippen molar-refractivity contribution in [3.63, 3.8) is 0 Å². The van der Waals surface area contributed by atoms with Gasteiger partial charge in [0.25, 0.3) is 11.5 Å². The summed E-state index contributed by atoms with van der Waals surface area (Å²) in [4.78, 5) is 29.1. The Morgan fingerprint density at radius 3 is 2.50 bits per heavy atom. The maximum absolute atomic E-state index is 12.7. The molecule has 1 amide bonds. The Bertz CT molecular complexity index is 1320. The molecule has 1 aromatic carbocycles. The molecular formula is C24H24N6O2. The maximum atomic E-state index is 12.7. The summed E-state index contributed by atoms with van der Waals surface area (Å²) in [6.07, 6.45) is 8.92. The number of H-pyrrole nitrogens is 1. The number of amides is 1. The van der Waals surface area contributed by atoms with Gasteiger partial charge in [-0.05, 0) is 37.8 Å². The first kappa shape index (κ1) is 20.1. The summed E-state index contributed by atoms with van der Waals surface area (Å²) in [5.41, 5.74) is 3.09. The van der Waals surface area contributed by atoms with E-state index in [1.54, 1.807) is 23.1 Å². The van der Waals surface area contributed by atoms with Gasteiger partial charge in [-0.3, -0.25) is 19.3 Å². The number of benzene rings is 1. The first-order valence-electron chi connectivity index (χ1n) is 10.8. The number of nitrogens with one attached hydrogen (secondary N) is 2. The van der Waals surface area contributed by atoms with Crippen molar-refractivity contribution in [3.05, 3.63) is 76.7 Å². The number of hydrogen-bond donors (Lipinski definition) is 2. The number of rotatable bonds is 4. The van der Waals surface area contributed by atoms with Gasteiger partial charge in [0.2, 0.25) is 0 Å². The van der Waals surface area contributed by atoms with Crippen molar-refractivity contribution in [1.29, 1.82) is 0 Å². The van der Waals surface area contributed by atoms with Crippen LogP contribution in [0.1, 0.15) is 47.8 Å². The molecule has 0 atom stereocenters. The van der Waals surface area contributed by atoms with E-state index in [-0.39, 0.29) is 23.4 Å². The molecule has 1 aliphatic rings. The van der Waals surface area contributed by atoms with E-state index in [4.69, 9.17) is 0 Å². The lowest BCUT2D eigenvalue weighted by molar-refractivity contribution is 0.0920. The molecule has 1 saturated carbocycles. The average molecular weight is 428 g/mol. The number of hydrogen-bond acceptors (Lipinski definition) is 5. The summed E-state index contributed by atoms with van der Waals surface area (Å²) >= 11 is 0. The summed E-state index contributed by atoms with van der Waals surface area (Å²) in [5.74, 6) is 0.112. The lowest BCUT2D eigenvalue weighted by Gasteiger charge is -2.29. The van der Waals surface area contributed by atoms with Crippen LogP contribution in [0.3, 0.4) is 0 Å². The zero-order valence-electron chi connectivity index (χ0n) is 17.8. The lowest BCUT2D eigenvalue weighted by atomic mass is 9.82. The van der Waals surface area contributed by atoms with Crippen LogP contribution in [-0.2, 0) is 7.05 Å². The van der Waals surface area contributed by atoms with E-state index in [9.17, 15) is 9.59 Å². The van der Waals surface area contributed by atoms with Crippen molar-refractivity contribution in [2.45, 2.75) is 37.6 Å². The van der Waals surface area contributed by atoms with Crippen LogP contribution in [0.2, 0.25) is 0 Å². The van der Waals surface area contributed by atoms with E-state index in [1.807, 2.05) is 43.6 Å². The van der Waals surface area contributed by atoms with Gasteiger partial charge < -0.3 is 5.32 Å². The summed E-state index contributed by atoms with van der Waals surface area (Å²) in [5, 5.41) is 15.9. The standard InChI is InChI=1S/C24H24N6O2/c1-30-14-17(13-26-30)16-8-11-21(25-12-16)24(32)27-18-9-6-15(7-10-18)22-19-4-2-3-5-20(19)23(31)29-28-22/h2-5,8,11-15,18H,6-7,9-10H2,1H3,(H,27,32)(H,29,31). The van der Waals surface area contributed by atoms with Gasteiger partial charge in [-0.2, -0.15) is 10.2 Å². The molecule has 0 radical (unpaired) electrons. The van der Waals surface area contributed by atoms with Gasteiger partial charge in [0.15, 0.2) is 0 Å². The highest BCUT2D eigenvalue weighted by Gasteiger charge is 2.26. The highest BCUT2D eigenvalue weighted by Crippen LogP contribution is 2.34. The normalized spacial score (nSPS) is 18.5. The number of aromatic amines is 1. The predicted molar refractivity (Wildman–Crippen MR) is 121 cm³/mol. The molecule has 162 valence electrons. The minimum atomic E-state index is -0.160. The number of carbonyl (C=O) groups is 1. The number of fused-ring (bicyclic) bond motifs is 1. The molecule has 3 aromatic heterocycles. The topological polar surface area (TPSA) is 106 Å². The van der Waals surface area contributed by atoms with E-state index < -0.39 is 0 Å². The largest absolute Gasteiger partial charge is 0.348 e. The summed E-state index contributed by atoms with van der Waals surface area (Å²) in [7, 11) is 1.86. The fourth-order valence-electron chi connectivity index (χ4n) is 4.49. The highest BCUT2D eigenvalue weighted by molar-refractivity contribution is 5.92. The predicted octanol–water partition coefficient (Wildman–Crippen LogP) is 3.17. The first-order chi connectivity index (χ1) is 15.6. The van der Waals surface area contributed by atoms with Crippen molar-refractivity contribution in [2.75, 3.05) is 0 Å². The molecule has 5 rings (SSSR count). The van der Waals surface area contributed by atoms with E-state index in [1.165, 1.54) is 0 Å². The fraction of sp³-hybridized carbons (Fsp3) is 0.292. The Balaban J connectivity index is 1.22. The van der Waals surface area contributed by atoms with Crippen molar-refractivity contribution in [1.82, 2.24) is 30.3 Å². The molecular weight excluding hydrogens is 404 g/mol. The quantitative estimate of drug-likeness (QED) is 0.519. The smallest absolute Gasteiger partial charge is 0.272 e. The van der Waals surface area contributed by atoms with Gasteiger partial charge in [-0.15, -0.1) is 0 Å². The Labute approximate surface area is 184 Å². The monoisotopic (exact) mass is 428 g/mol. The zero-order chi connectivity index (χ0) is 22.1. The molecule has 4 aromatic rings. The molecule has 0 saturated heterocycles. The molecule has 0 spiro atoms. The third-order valence-electron chi connectivity index (χ3n) is 6.21. The van der Waals surface area contributed by atoms with Crippen molar-refractivity contribution in [3.8, 4) is 11.1 Å². The summed E-state index contributed by atoms with van der Waals surface area (Å²) < 4.78 is 1.73. The van der Waals surface area contributed by atoms with Crippen molar-refractivity contribution < 1.29 is 4.79 Å². The number of nitrogens with zero attached hydrogens (tertiary/aromatic N) is 4. The maximum Gasteiger partial charge on any atom is 0.272 e. The number of carbonyl (C=O) groups excluding carboxylic acids is 1. The van der Waals surface area contributed by atoms with Gasteiger partial charge >= 0.3 is 0 Å². The number of aromatic nitrogens is 5. The second-order valence-electron chi connectivity index (χ2n) is 8.34. The number of aryl methyl sites for hydroxylation is 1. The molecule has 1 aliphatic carbocycles. The van der Waals surface area contributed by atoms with Gasteiger partial charge in [-0.25, -0.2) is 5.10 Å². The molecule has 3 heterocycles. The molecule has 0 bridgehead atoms. The second-order valence-corrected chi connectivity index (χ2v) is 8.34. The third-order valence-corrected chi connectivity index (χ3v) is 6.21. The van der Waals surface area contributed by atoms with E-state index in [2.05, 4.69) is 25.6 Å². The molecule has 8 heteroatoms. The highest BCUT2D eigenvalue weighted by atomic mass is 16.2. The van der Waals surface area contributed by atoms with Crippen LogP contribution < -0.4 is 10.9 Å². The fourth-order valence-corrected chi connectivity index (χ4v) is 4.49. The van der Waals surface area contributed by atoms with E-state index in [0.29, 0.717) is 11.1 Å². The van der Waals surface area contributed by atoms with Gasteiger partial charge in [0.05, 0.1) is 17.3 Å². The average Bonchev–Trinajstić information content (AvgIpc) is 3.26. The zero-order valence-corrected chi connectivity index (χ0v) is 17.8. The van der Waals surface area contributed by atoms with Crippen LogP contribution in [0, 0.1) is 0 Å². The molecule has 1 fully saturated rings. The molecule has 0 unspecified atom stereocenters.